The number of nitrogens with zero attached hydrogens (tertiary/aromatic N) is 1. The lowest BCUT2D eigenvalue weighted by Crippen LogP contribution is -2.41. The van der Waals surface area contributed by atoms with E-state index in [0.29, 0.717) is 12.2 Å². The normalized spacial score (nSPS) is 11.1. The van der Waals surface area contributed by atoms with Crippen molar-refractivity contribution in [3.8, 4) is 0 Å². The number of hydrogen-bond acceptors (Lipinski definition) is 4. The monoisotopic (exact) mass is 454 g/mol. The second-order valence-electron chi connectivity index (χ2n) is 7.05. The summed E-state index contributed by atoms with van der Waals surface area (Å²) in [6, 6.07) is 25.2. The van der Waals surface area contributed by atoms with Crippen LogP contribution in [-0.4, -0.2) is 33.2 Å². The zero-order valence-corrected chi connectivity index (χ0v) is 19.0. The Hall–Kier alpha value is -2.77. The molecule has 0 fully saturated rings. The number of anilines is 1. The number of thioether (sulfide) groups is 1. The Kier molecular flexibility index (Phi) is 8.14. The molecule has 5 nitrogen and oxygen atoms in total. The molecule has 0 aromatic heterocycles. The van der Waals surface area contributed by atoms with E-state index in [2.05, 4.69) is 30.4 Å². The number of rotatable bonds is 10. The van der Waals surface area contributed by atoms with E-state index in [4.69, 9.17) is 0 Å². The molecule has 0 radical (unpaired) electrons. The lowest BCUT2D eigenvalue weighted by Gasteiger charge is -2.24. The molecule has 162 valence electrons. The van der Waals surface area contributed by atoms with Crippen LogP contribution in [0.25, 0.3) is 0 Å². The quantitative estimate of drug-likeness (QED) is 0.466. The molecular formula is C24H26N2O3S2. The van der Waals surface area contributed by atoms with Crippen LogP contribution in [0.1, 0.15) is 11.1 Å². The van der Waals surface area contributed by atoms with Crippen molar-refractivity contribution in [1.82, 2.24) is 5.32 Å². The maximum absolute atomic E-state index is 13.2. The molecule has 0 aliphatic rings. The fourth-order valence-corrected chi connectivity index (χ4v) is 5.32. The predicted molar refractivity (Wildman–Crippen MR) is 128 cm³/mol. The van der Waals surface area contributed by atoms with E-state index in [1.165, 1.54) is 23.3 Å². The molecule has 0 unspecified atom stereocenters. The van der Waals surface area contributed by atoms with Crippen LogP contribution >= 0.6 is 11.8 Å². The Labute approximate surface area is 188 Å². The molecular weight excluding hydrogens is 428 g/mol. The molecule has 0 saturated carbocycles. The third kappa shape index (κ3) is 6.60. The van der Waals surface area contributed by atoms with Crippen molar-refractivity contribution < 1.29 is 13.2 Å². The van der Waals surface area contributed by atoms with Gasteiger partial charge >= 0.3 is 0 Å². The number of benzene rings is 3. The second-order valence-corrected chi connectivity index (χ2v) is 10.0. The number of hydrogen-bond donors (Lipinski definition) is 1. The molecule has 3 rings (SSSR count). The van der Waals surface area contributed by atoms with Gasteiger partial charge in [0.05, 0.1) is 10.6 Å². The number of nitrogens with one attached hydrogen (secondary N) is 1. The first-order valence-corrected chi connectivity index (χ1v) is 12.6. The van der Waals surface area contributed by atoms with Gasteiger partial charge in [0.25, 0.3) is 10.0 Å². The van der Waals surface area contributed by atoms with E-state index in [0.717, 1.165) is 15.8 Å². The Morgan fingerprint density at radius 1 is 0.935 bits per heavy atom. The molecule has 0 spiro atoms. The number of carbonyl (C=O) groups is 1. The minimum Gasteiger partial charge on any atom is -0.354 e. The van der Waals surface area contributed by atoms with Gasteiger partial charge in [-0.1, -0.05) is 66.2 Å². The third-order valence-electron chi connectivity index (χ3n) is 4.58. The summed E-state index contributed by atoms with van der Waals surface area (Å²) in [5, 5.41) is 2.84. The van der Waals surface area contributed by atoms with Crippen LogP contribution < -0.4 is 9.62 Å². The lowest BCUT2D eigenvalue weighted by molar-refractivity contribution is -0.119. The molecule has 0 bridgehead atoms. The molecule has 1 amide bonds. The zero-order chi connectivity index (χ0) is 22.1. The molecule has 31 heavy (non-hydrogen) atoms. The maximum atomic E-state index is 13.2. The summed E-state index contributed by atoms with van der Waals surface area (Å²) in [5.74, 6) is 1.28. The Balaban J connectivity index is 1.59. The number of sulfonamides is 1. The molecule has 0 heterocycles. The molecule has 0 aliphatic heterocycles. The van der Waals surface area contributed by atoms with E-state index in [-0.39, 0.29) is 17.3 Å². The Bertz CT molecular complexity index is 1090. The number of carbonyl (C=O) groups excluding carboxylic acids is 1. The second kappa shape index (κ2) is 11.0. The van der Waals surface area contributed by atoms with Crippen LogP contribution in [0.5, 0.6) is 0 Å². The van der Waals surface area contributed by atoms with Crippen LogP contribution in [0.2, 0.25) is 0 Å². The Morgan fingerprint density at radius 2 is 1.61 bits per heavy atom. The van der Waals surface area contributed by atoms with Gasteiger partial charge in [0.15, 0.2) is 0 Å². The van der Waals surface area contributed by atoms with Crippen molar-refractivity contribution >= 4 is 33.4 Å². The van der Waals surface area contributed by atoms with E-state index >= 15 is 0 Å². The van der Waals surface area contributed by atoms with Gasteiger partial charge in [0.1, 0.15) is 6.54 Å². The van der Waals surface area contributed by atoms with Crippen molar-refractivity contribution in [2.75, 3.05) is 23.1 Å². The number of amides is 1. The summed E-state index contributed by atoms with van der Waals surface area (Å²) >= 11 is 1.73. The lowest BCUT2D eigenvalue weighted by atomic mass is 10.2. The minimum atomic E-state index is -3.86. The average molecular weight is 455 g/mol. The van der Waals surface area contributed by atoms with E-state index in [9.17, 15) is 13.2 Å². The fourth-order valence-electron chi connectivity index (χ4n) is 3.07. The molecule has 3 aromatic rings. The molecule has 0 saturated heterocycles. The molecule has 3 aromatic carbocycles. The van der Waals surface area contributed by atoms with Crippen molar-refractivity contribution in [3.05, 3.63) is 96.1 Å². The van der Waals surface area contributed by atoms with Crippen molar-refractivity contribution in [2.24, 2.45) is 0 Å². The van der Waals surface area contributed by atoms with Crippen LogP contribution in [0.3, 0.4) is 0 Å². The summed E-state index contributed by atoms with van der Waals surface area (Å²) < 4.78 is 27.5. The first-order chi connectivity index (χ1) is 15.0. The largest absolute Gasteiger partial charge is 0.354 e. The SMILES string of the molecule is Cc1cccc(CSCCNC(=O)CN(c2ccccc2)S(=O)(=O)c2ccccc2)c1. The van der Waals surface area contributed by atoms with Gasteiger partial charge in [0.2, 0.25) is 5.91 Å². The highest BCUT2D eigenvalue weighted by Crippen LogP contribution is 2.23. The summed E-state index contributed by atoms with van der Waals surface area (Å²) in [7, 11) is -3.86. The summed E-state index contributed by atoms with van der Waals surface area (Å²) in [6.07, 6.45) is 0. The highest BCUT2D eigenvalue weighted by molar-refractivity contribution is 7.98. The fraction of sp³-hybridized carbons (Fsp3) is 0.208. The summed E-state index contributed by atoms with van der Waals surface area (Å²) in [4.78, 5) is 12.7. The third-order valence-corrected chi connectivity index (χ3v) is 7.40. The molecule has 7 heteroatoms. The summed E-state index contributed by atoms with van der Waals surface area (Å²) in [5.41, 5.74) is 2.93. The first kappa shape index (κ1) is 22.9. The van der Waals surface area contributed by atoms with Crippen molar-refractivity contribution in [3.63, 3.8) is 0 Å². The van der Waals surface area contributed by atoms with Gasteiger partial charge in [-0.3, -0.25) is 9.10 Å². The van der Waals surface area contributed by atoms with Crippen molar-refractivity contribution in [2.45, 2.75) is 17.6 Å². The van der Waals surface area contributed by atoms with Gasteiger partial charge in [-0.25, -0.2) is 8.42 Å². The number of aryl methyl sites for hydroxylation is 1. The van der Waals surface area contributed by atoms with E-state index in [1.54, 1.807) is 54.2 Å². The van der Waals surface area contributed by atoms with Crippen LogP contribution in [0.4, 0.5) is 5.69 Å². The van der Waals surface area contributed by atoms with Crippen LogP contribution in [0.15, 0.2) is 89.8 Å². The molecule has 0 aliphatic carbocycles. The highest BCUT2D eigenvalue weighted by Gasteiger charge is 2.26. The standard InChI is InChI=1S/C24H26N2O3S2/c1-20-9-8-10-21(17-20)19-30-16-15-25-24(27)18-26(22-11-4-2-5-12-22)31(28,29)23-13-6-3-7-14-23/h2-14,17H,15-16,18-19H2,1H3,(H,25,27). The topological polar surface area (TPSA) is 66.5 Å². The number of para-hydroxylation sites is 1. The van der Waals surface area contributed by atoms with Crippen molar-refractivity contribution in [1.29, 1.82) is 0 Å². The predicted octanol–water partition coefficient (Wildman–Crippen LogP) is 4.24. The first-order valence-electron chi connectivity index (χ1n) is 9.99. The zero-order valence-electron chi connectivity index (χ0n) is 17.4. The van der Waals surface area contributed by atoms with Gasteiger partial charge in [-0.15, -0.1) is 0 Å². The smallest absolute Gasteiger partial charge is 0.264 e. The minimum absolute atomic E-state index is 0.153. The highest BCUT2D eigenvalue weighted by atomic mass is 32.2. The van der Waals surface area contributed by atoms with Gasteiger partial charge in [0, 0.05) is 18.1 Å². The van der Waals surface area contributed by atoms with Crippen LogP contribution in [0, 0.1) is 6.92 Å². The van der Waals surface area contributed by atoms with Crippen LogP contribution in [-0.2, 0) is 20.6 Å². The molecule has 0 atom stereocenters. The van der Waals surface area contributed by atoms with E-state index < -0.39 is 10.0 Å². The van der Waals surface area contributed by atoms with Gasteiger partial charge in [-0.2, -0.15) is 11.8 Å². The van der Waals surface area contributed by atoms with E-state index in [1.807, 2.05) is 12.1 Å². The van der Waals surface area contributed by atoms with Gasteiger partial charge < -0.3 is 5.32 Å². The maximum Gasteiger partial charge on any atom is 0.264 e. The Morgan fingerprint density at radius 3 is 2.29 bits per heavy atom. The molecule has 1 N–H and O–H groups in total. The average Bonchev–Trinajstić information content (AvgIpc) is 2.78. The summed E-state index contributed by atoms with van der Waals surface area (Å²) in [6.45, 7) is 2.27. The van der Waals surface area contributed by atoms with Gasteiger partial charge in [-0.05, 0) is 36.8 Å².